The van der Waals surface area contributed by atoms with Gasteiger partial charge < -0.3 is 10.0 Å². The second-order valence-corrected chi connectivity index (χ2v) is 6.23. The van der Waals surface area contributed by atoms with Crippen molar-refractivity contribution >= 4 is 39.6 Å². The predicted molar refractivity (Wildman–Crippen MR) is 73.0 cm³/mol. The summed E-state index contributed by atoms with van der Waals surface area (Å²) in [5.74, 6) is -0.862. The number of hydrogen-bond acceptors (Lipinski definition) is 3. The summed E-state index contributed by atoms with van der Waals surface area (Å²) < 4.78 is 0.550. The van der Waals surface area contributed by atoms with Crippen LogP contribution >= 0.6 is 27.7 Å². The first-order valence-electron chi connectivity index (χ1n) is 5.43. The van der Waals surface area contributed by atoms with Crippen molar-refractivity contribution in [3.63, 3.8) is 0 Å². The van der Waals surface area contributed by atoms with Gasteiger partial charge in [0.15, 0.2) is 0 Å². The topological polar surface area (TPSA) is 57.6 Å². The Balaban J connectivity index is 2.18. The van der Waals surface area contributed by atoms with Crippen LogP contribution in [0, 0.1) is 0 Å². The molecule has 1 fully saturated rings. The van der Waals surface area contributed by atoms with E-state index in [1.165, 1.54) is 11.8 Å². The van der Waals surface area contributed by atoms with Crippen molar-refractivity contribution < 1.29 is 14.7 Å². The highest BCUT2D eigenvalue weighted by molar-refractivity contribution is 9.10. The van der Waals surface area contributed by atoms with E-state index in [4.69, 9.17) is 5.11 Å². The molecule has 1 saturated heterocycles. The smallest absolute Gasteiger partial charge is 0.336 e. The lowest BCUT2D eigenvalue weighted by molar-refractivity contribution is -0.126. The molecular formula is C12H12BrNO3S. The van der Waals surface area contributed by atoms with E-state index in [1.807, 2.05) is 6.07 Å². The summed E-state index contributed by atoms with van der Waals surface area (Å²) in [4.78, 5) is 25.3. The van der Waals surface area contributed by atoms with Gasteiger partial charge in [-0.3, -0.25) is 4.79 Å². The number of nitrogens with zero attached hydrogens (tertiary/aromatic N) is 1. The van der Waals surface area contributed by atoms with Gasteiger partial charge >= 0.3 is 5.97 Å². The molecule has 96 valence electrons. The number of likely N-dealkylation sites (tertiary alicyclic amines) is 1. The van der Waals surface area contributed by atoms with Gasteiger partial charge in [0.1, 0.15) is 0 Å². The zero-order chi connectivity index (χ0) is 13.3. The van der Waals surface area contributed by atoms with Crippen LogP contribution in [-0.2, 0) is 4.79 Å². The van der Waals surface area contributed by atoms with Crippen LogP contribution in [0.15, 0.2) is 27.6 Å². The third-order valence-electron chi connectivity index (χ3n) is 2.82. The molecule has 0 bridgehead atoms. The number of benzene rings is 1. The third-order valence-corrected chi connectivity index (χ3v) is 4.76. The molecule has 1 N–H and O–H groups in total. The minimum absolute atomic E-state index is 0.0992. The maximum atomic E-state index is 11.8. The van der Waals surface area contributed by atoms with E-state index in [-0.39, 0.29) is 16.7 Å². The minimum atomic E-state index is -0.973. The largest absolute Gasteiger partial charge is 0.478 e. The van der Waals surface area contributed by atoms with Gasteiger partial charge in [0.05, 0.1) is 10.8 Å². The van der Waals surface area contributed by atoms with Crippen LogP contribution in [0.3, 0.4) is 0 Å². The number of halogens is 1. The molecule has 18 heavy (non-hydrogen) atoms. The second kappa shape index (κ2) is 5.32. The lowest BCUT2D eigenvalue weighted by Crippen LogP contribution is -2.23. The van der Waals surface area contributed by atoms with Crippen LogP contribution in [0.25, 0.3) is 0 Å². The number of carboxylic acids is 1. The van der Waals surface area contributed by atoms with Crippen molar-refractivity contribution in [2.75, 3.05) is 13.6 Å². The number of carbonyl (C=O) groups excluding carboxylic acids is 1. The van der Waals surface area contributed by atoms with Crippen LogP contribution in [0.2, 0.25) is 0 Å². The summed E-state index contributed by atoms with van der Waals surface area (Å²) in [7, 11) is 1.78. The summed E-state index contributed by atoms with van der Waals surface area (Å²) >= 11 is 4.63. The van der Waals surface area contributed by atoms with Crippen molar-refractivity contribution in [1.29, 1.82) is 0 Å². The van der Waals surface area contributed by atoms with Crippen molar-refractivity contribution in [3.05, 3.63) is 28.2 Å². The number of carbonyl (C=O) groups is 2. The van der Waals surface area contributed by atoms with Gasteiger partial charge in [-0.05, 0) is 40.5 Å². The first kappa shape index (κ1) is 13.4. The monoisotopic (exact) mass is 329 g/mol. The van der Waals surface area contributed by atoms with Crippen LogP contribution < -0.4 is 0 Å². The molecule has 1 unspecified atom stereocenters. The maximum absolute atomic E-state index is 11.8. The molecule has 0 aliphatic carbocycles. The van der Waals surface area contributed by atoms with Gasteiger partial charge in [0, 0.05) is 23.0 Å². The molecule has 1 atom stereocenters. The highest BCUT2D eigenvalue weighted by atomic mass is 79.9. The molecule has 1 aliphatic rings. The number of hydrogen-bond donors (Lipinski definition) is 1. The van der Waals surface area contributed by atoms with E-state index in [1.54, 1.807) is 24.1 Å². The number of amides is 1. The Morgan fingerprint density at radius 2 is 2.28 bits per heavy atom. The van der Waals surface area contributed by atoms with Crippen molar-refractivity contribution in [2.24, 2.45) is 0 Å². The Hall–Kier alpha value is -1.01. The molecule has 1 amide bonds. The van der Waals surface area contributed by atoms with Crippen LogP contribution in [0.1, 0.15) is 16.8 Å². The summed E-state index contributed by atoms with van der Waals surface area (Å²) in [5.41, 5.74) is 0.221. The quantitative estimate of drug-likeness (QED) is 0.925. The second-order valence-electron chi connectivity index (χ2n) is 4.10. The molecule has 4 nitrogen and oxygen atoms in total. The van der Waals surface area contributed by atoms with Crippen molar-refractivity contribution in [1.82, 2.24) is 4.90 Å². The van der Waals surface area contributed by atoms with Gasteiger partial charge in [-0.15, -0.1) is 11.8 Å². The van der Waals surface area contributed by atoms with Crippen molar-refractivity contribution in [3.8, 4) is 0 Å². The average Bonchev–Trinajstić information content (AvgIpc) is 2.63. The zero-order valence-electron chi connectivity index (χ0n) is 9.72. The first-order valence-corrected chi connectivity index (χ1v) is 7.11. The van der Waals surface area contributed by atoms with E-state index in [0.717, 1.165) is 17.9 Å². The zero-order valence-corrected chi connectivity index (χ0v) is 12.1. The van der Waals surface area contributed by atoms with E-state index in [9.17, 15) is 9.59 Å². The number of aromatic carboxylic acids is 1. The average molecular weight is 330 g/mol. The molecule has 1 aliphatic heterocycles. The summed E-state index contributed by atoms with van der Waals surface area (Å²) in [6.45, 7) is 0.763. The Labute approximate surface area is 117 Å². The number of thioether (sulfide) groups is 1. The Bertz CT molecular complexity index is 506. The minimum Gasteiger partial charge on any atom is -0.478 e. The fraction of sp³-hybridized carbons (Fsp3) is 0.333. The van der Waals surface area contributed by atoms with E-state index < -0.39 is 5.97 Å². The summed E-state index contributed by atoms with van der Waals surface area (Å²) in [5, 5.41) is 8.93. The van der Waals surface area contributed by atoms with Gasteiger partial charge in [-0.2, -0.15) is 0 Å². The van der Waals surface area contributed by atoms with Gasteiger partial charge in [-0.1, -0.05) is 0 Å². The van der Waals surface area contributed by atoms with Crippen LogP contribution in [0.5, 0.6) is 0 Å². The van der Waals surface area contributed by atoms with Crippen LogP contribution in [0.4, 0.5) is 0 Å². The highest BCUT2D eigenvalue weighted by Crippen LogP contribution is 2.32. The van der Waals surface area contributed by atoms with Gasteiger partial charge in [-0.25, -0.2) is 4.79 Å². The highest BCUT2D eigenvalue weighted by Gasteiger charge is 2.29. The third kappa shape index (κ3) is 2.70. The maximum Gasteiger partial charge on any atom is 0.336 e. The molecule has 0 radical (unpaired) electrons. The standard InChI is InChI=1S/C12H12BrNO3S/c1-14-5-4-10(11(14)15)18-7-2-3-9(13)8(6-7)12(16)17/h2-3,6,10H,4-5H2,1H3,(H,16,17). The molecule has 1 heterocycles. The first-order chi connectivity index (χ1) is 8.49. The van der Waals surface area contributed by atoms with Crippen molar-refractivity contribution in [2.45, 2.75) is 16.6 Å². The lowest BCUT2D eigenvalue weighted by atomic mass is 10.2. The molecule has 0 aromatic heterocycles. The molecular weight excluding hydrogens is 318 g/mol. The number of rotatable bonds is 3. The summed E-state index contributed by atoms with van der Waals surface area (Å²) in [6, 6.07) is 5.13. The van der Waals surface area contributed by atoms with E-state index in [2.05, 4.69) is 15.9 Å². The van der Waals surface area contributed by atoms with E-state index >= 15 is 0 Å². The molecule has 1 aromatic carbocycles. The molecule has 0 saturated carbocycles. The molecule has 6 heteroatoms. The fourth-order valence-electron chi connectivity index (χ4n) is 1.81. The van der Waals surface area contributed by atoms with E-state index in [0.29, 0.717) is 4.47 Å². The van der Waals surface area contributed by atoms with Crippen LogP contribution in [-0.4, -0.2) is 40.7 Å². The summed E-state index contributed by atoms with van der Waals surface area (Å²) in [6.07, 6.45) is 0.804. The molecule has 1 aromatic rings. The molecule has 0 spiro atoms. The predicted octanol–water partition coefficient (Wildman–Crippen LogP) is 2.47. The SMILES string of the molecule is CN1CCC(Sc2ccc(Br)c(C(=O)O)c2)C1=O. The Morgan fingerprint density at radius 3 is 2.83 bits per heavy atom. The molecule has 2 rings (SSSR count). The Kier molecular flexibility index (Phi) is 3.97. The van der Waals surface area contributed by atoms with Gasteiger partial charge in [0.2, 0.25) is 5.91 Å². The normalized spacial score (nSPS) is 19.3. The Morgan fingerprint density at radius 1 is 1.56 bits per heavy atom. The van der Waals surface area contributed by atoms with Gasteiger partial charge in [0.25, 0.3) is 0 Å². The fourth-order valence-corrected chi connectivity index (χ4v) is 3.39. The lowest BCUT2D eigenvalue weighted by Gasteiger charge is -2.10. The number of carboxylic acid groups (broad SMARTS) is 1.